The van der Waals surface area contributed by atoms with E-state index < -0.39 is 10.0 Å². The standard InChI is InChI=1S/C23H24N6O4S/c1-24-34(32,33)15-17-9-7-16(8-10-17)13-25-21(30)12-11-20-27-22-19(23(31)28-20)14-26-29(22)18-5-3-2-4-6-18/h2-10,14,24H,11-13,15H2,1H3,(H,25,30)(H,27,28,31). The number of amides is 1. The fourth-order valence-electron chi connectivity index (χ4n) is 3.41. The van der Waals surface area contributed by atoms with E-state index in [1.165, 1.54) is 13.2 Å². The van der Waals surface area contributed by atoms with E-state index in [0.29, 0.717) is 29.0 Å². The van der Waals surface area contributed by atoms with Gasteiger partial charge in [0.2, 0.25) is 15.9 Å². The molecule has 0 saturated carbocycles. The number of nitrogens with one attached hydrogen (secondary N) is 3. The highest BCUT2D eigenvalue weighted by Gasteiger charge is 2.13. The number of carbonyl (C=O) groups is 1. The van der Waals surface area contributed by atoms with Crippen LogP contribution in [0.4, 0.5) is 0 Å². The van der Waals surface area contributed by atoms with E-state index in [1.54, 1.807) is 28.9 Å². The number of hydrogen-bond acceptors (Lipinski definition) is 6. The molecule has 0 atom stereocenters. The van der Waals surface area contributed by atoms with E-state index in [1.807, 2.05) is 30.3 Å². The van der Waals surface area contributed by atoms with Gasteiger partial charge in [-0.05, 0) is 30.3 Å². The molecular weight excluding hydrogens is 456 g/mol. The van der Waals surface area contributed by atoms with Gasteiger partial charge in [-0.3, -0.25) is 9.59 Å². The van der Waals surface area contributed by atoms with Gasteiger partial charge in [0, 0.05) is 19.4 Å². The molecule has 11 heteroatoms. The third kappa shape index (κ3) is 5.56. The van der Waals surface area contributed by atoms with Crippen molar-refractivity contribution in [2.75, 3.05) is 7.05 Å². The van der Waals surface area contributed by atoms with Crippen LogP contribution in [0, 0.1) is 0 Å². The van der Waals surface area contributed by atoms with Crippen molar-refractivity contribution in [2.24, 2.45) is 0 Å². The van der Waals surface area contributed by atoms with Crippen LogP contribution in [0.5, 0.6) is 0 Å². The summed E-state index contributed by atoms with van der Waals surface area (Å²) in [4.78, 5) is 32.0. The topological polar surface area (TPSA) is 139 Å². The lowest BCUT2D eigenvalue weighted by molar-refractivity contribution is -0.121. The number of aromatic nitrogens is 4. The molecule has 2 aromatic carbocycles. The molecule has 34 heavy (non-hydrogen) atoms. The molecule has 10 nitrogen and oxygen atoms in total. The van der Waals surface area contributed by atoms with E-state index in [9.17, 15) is 18.0 Å². The predicted octanol–water partition coefficient (Wildman–Crippen LogP) is 1.41. The maximum absolute atomic E-state index is 12.4. The Hall–Kier alpha value is -3.83. The number of para-hydroxylation sites is 1. The third-order valence-electron chi connectivity index (χ3n) is 5.26. The van der Waals surface area contributed by atoms with Crippen molar-refractivity contribution >= 4 is 27.0 Å². The van der Waals surface area contributed by atoms with Gasteiger partial charge in [0.1, 0.15) is 11.2 Å². The Labute approximate surface area is 196 Å². The first-order chi connectivity index (χ1) is 16.3. The minimum Gasteiger partial charge on any atom is -0.352 e. The average Bonchev–Trinajstić information content (AvgIpc) is 3.27. The van der Waals surface area contributed by atoms with Crippen molar-refractivity contribution in [3.05, 3.63) is 88.1 Å². The van der Waals surface area contributed by atoms with Gasteiger partial charge in [0.25, 0.3) is 5.56 Å². The molecule has 3 N–H and O–H groups in total. The SMILES string of the molecule is CNS(=O)(=O)Cc1ccc(CNC(=O)CCc2nc3c(cnn3-c3ccccc3)c(=O)[nH]2)cc1. The summed E-state index contributed by atoms with van der Waals surface area (Å²) in [6.07, 6.45) is 1.88. The van der Waals surface area contributed by atoms with Crippen molar-refractivity contribution in [3.8, 4) is 5.69 Å². The van der Waals surface area contributed by atoms with Crippen molar-refractivity contribution < 1.29 is 13.2 Å². The number of hydrogen-bond donors (Lipinski definition) is 3. The third-order valence-corrected chi connectivity index (χ3v) is 6.59. The lowest BCUT2D eigenvalue weighted by atomic mass is 10.1. The lowest BCUT2D eigenvalue weighted by Gasteiger charge is -2.07. The maximum atomic E-state index is 12.4. The molecule has 0 bridgehead atoms. The molecule has 0 spiro atoms. The van der Waals surface area contributed by atoms with Crippen LogP contribution in [0.2, 0.25) is 0 Å². The molecule has 0 unspecified atom stereocenters. The maximum Gasteiger partial charge on any atom is 0.262 e. The molecule has 4 aromatic rings. The smallest absolute Gasteiger partial charge is 0.262 e. The number of nitrogens with zero attached hydrogens (tertiary/aromatic N) is 3. The summed E-state index contributed by atoms with van der Waals surface area (Å²) in [6, 6.07) is 16.4. The number of fused-ring (bicyclic) bond motifs is 1. The van der Waals surface area contributed by atoms with E-state index in [0.717, 1.165) is 11.3 Å². The number of sulfonamides is 1. The molecule has 0 saturated heterocycles. The van der Waals surface area contributed by atoms with Crippen molar-refractivity contribution in [1.29, 1.82) is 0 Å². The highest BCUT2D eigenvalue weighted by molar-refractivity contribution is 7.88. The molecule has 176 valence electrons. The van der Waals surface area contributed by atoms with E-state index in [-0.39, 0.29) is 30.1 Å². The number of H-pyrrole nitrogens is 1. The van der Waals surface area contributed by atoms with Gasteiger partial charge in [0.05, 0.1) is 17.6 Å². The van der Waals surface area contributed by atoms with Crippen LogP contribution >= 0.6 is 0 Å². The largest absolute Gasteiger partial charge is 0.352 e. The molecule has 2 heterocycles. The fourth-order valence-corrected chi connectivity index (χ4v) is 4.18. The van der Waals surface area contributed by atoms with Gasteiger partial charge in [0.15, 0.2) is 5.65 Å². The minimum atomic E-state index is -3.33. The first kappa shape index (κ1) is 23.3. The second-order valence-electron chi connectivity index (χ2n) is 7.70. The zero-order valence-corrected chi connectivity index (χ0v) is 19.3. The number of rotatable bonds is 9. The fraction of sp³-hybridized carbons (Fsp3) is 0.217. The first-order valence-corrected chi connectivity index (χ1v) is 12.3. The molecule has 0 radical (unpaired) electrons. The summed E-state index contributed by atoms with van der Waals surface area (Å²) < 4.78 is 27.1. The summed E-state index contributed by atoms with van der Waals surface area (Å²) in [5, 5.41) is 7.48. The molecule has 0 fully saturated rings. The first-order valence-electron chi connectivity index (χ1n) is 10.6. The molecule has 1 amide bonds. The van der Waals surface area contributed by atoms with Gasteiger partial charge in [-0.2, -0.15) is 5.10 Å². The summed E-state index contributed by atoms with van der Waals surface area (Å²) in [5.41, 5.74) is 2.42. The Morgan fingerprint density at radius 2 is 1.76 bits per heavy atom. The highest BCUT2D eigenvalue weighted by Crippen LogP contribution is 2.14. The van der Waals surface area contributed by atoms with Gasteiger partial charge in [-0.1, -0.05) is 42.5 Å². The van der Waals surface area contributed by atoms with Crippen molar-refractivity contribution in [3.63, 3.8) is 0 Å². The van der Waals surface area contributed by atoms with Crippen LogP contribution in [-0.2, 0) is 33.5 Å². The van der Waals surface area contributed by atoms with Gasteiger partial charge < -0.3 is 10.3 Å². The lowest BCUT2D eigenvalue weighted by Crippen LogP contribution is -2.24. The molecule has 0 aliphatic heterocycles. The van der Waals surface area contributed by atoms with Gasteiger partial charge in [-0.25, -0.2) is 22.8 Å². The van der Waals surface area contributed by atoms with Crippen molar-refractivity contribution in [2.45, 2.75) is 25.1 Å². The van der Waals surface area contributed by atoms with Gasteiger partial charge in [-0.15, -0.1) is 0 Å². The van der Waals surface area contributed by atoms with Crippen molar-refractivity contribution in [1.82, 2.24) is 29.8 Å². The zero-order chi connectivity index (χ0) is 24.1. The summed E-state index contributed by atoms with van der Waals surface area (Å²) in [5.74, 6) is 0.107. The Morgan fingerprint density at radius 3 is 2.47 bits per heavy atom. The second-order valence-corrected chi connectivity index (χ2v) is 9.62. The van der Waals surface area contributed by atoms with Crippen LogP contribution in [0.1, 0.15) is 23.4 Å². The molecule has 0 aliphatic carbocycles. The second kappa shape index (κ2) is 9.98. The number of aryl methyl sites for hydroxylation is 1. The summed E-state index contributed by atoms with van der Waals surface area (Å²) in [7, 11) is -1.96. The Balaban J connectivity index is 1.37. The molecule has 2 aromatic heterocycles. The van der Waals surface area contributed by atoms with Gasteiger partial charge >= 0.3 is 0 Å². The Bertz CT molecular complexity index is 1460. The van der Waals surface area contributed by atoms with Crippen LogP contribution in [0.3, 0.4) is 0 Å². The van der Waals surface area contributed by atoms with Crippen LogP contribution < -0.4 is 15.6 Å². The highest BCUT2D eigenvalue weighted by atomic mass is 32.2. The zero-order valence-electron chi connectivity index (χ0n) is 18.5. The minimum absolute atomic E-state index is 0.102. The van der Waals surface area contributed by atoms with E-state index in [2.05, 4.69) is 25.1 Å². The Kier molecular flexibility index (Phi) is 6.85. The summed E-state index contributed by atoms with van der Waals surface area (Å²) in [6.45, 7) is 0.307. The number of carbonyl (C=O) groups excluding carboxylic acids is 1. The Morgan fingerprint density at radius 1 is 1.06 bits per heavy atom. The number of aromatic amines is 1. The predicted molar refractivity (Wildman–Crippen MR) is 128 cm³/mol. The summed E-state index contributed by atoms with van der Waals surface area (Å²) >= 11 is 0. The van der Waals surface area contributed by atoms with Crippen LogP contribution in [0.25, 0.3) is 16.7 Å². The van der Waals surface area contributed by atoms with E-state index in [4.69, 9.17) is 0 Å². The van der Waals surface area contributed by atoms with E-state index >= 15 is 0 Å². The monoisotopic (exact) mass is 480 g/mol. The normalized spacial score (nSPS) is 11.6. The molecule has 4 rings (SSSR count). The quantitative estimate of drug-likeness (QED) is 0.331. The van der Waals surface area contributed by atoms with Crippen LogP contribution in [-0.4, -0.2) is 41.1 Å². The molecule has 0 aliphatic rings. The average molecular weight is 481 g/mol. The van der Waals surface area contributed by atoms with Crippen LogP contribution in [0.15, 0.2) is 65.6 Å². The molecular formula is C23H24N6O4S. The number of benzene rings is 2.